The Labute approximate surface area is 66.1 Å². The molecule has 0 spiro atoms. The average Bonchev–Trinajstić information content (AvgIpc) is 2.52. The minimum atomic E-state index is -1.38. The lowest BCUT2D eigenvalue weighted by Crippen LogP contribution is -2.01. The van der Waals surface area contributed by atoms with Gasteiger partial charge >= 0.3 is 11.9 Å². The third-order valence-corrected chi connectivity index (χ3v) is 1.37. The molecule has 0 fully saturated rings. The van der Waals surface area contributed by atoms with Crippen LogP contribution in [0, 0.1) is 0 Å². The highest BCUT2D eigenvalue weighted by molar-refractivity contribution is 5.82. The van der Waals surface area contributed by atoms with E-state index in [1.54, 1.807) is 6.07 Å². The lowest BCUT2D eigenvalue weighted by atomic mass is 10.4. The van der Waals surface area contributed by atoms with Crippen molar-refractivity contribution in [2.45, 2.75) is 0 Å². The molecule has 0 unspecified atom stereocenters. The second-order valence-electron chi connectivity index (χ2n) is 2.09. The van der Waals surface area contributed by atoms with E-state index in [-0.39, 0.29) is 11.5 Å². The maximum atomic E-state index is 10.1. The number of hydrogen-bond donors (Lipinski definition) is 1. The van der Waals surface area contributed by atoms with Gasteiger partial charge in [0, 0.05) is 0 Å². The topological polar surface area (TPSA) is 72.8 Å². The minimum absolute atomic E-state index is 0.145. The van der Waals surface area contributed by atoms with Crippen molar-refractivity contribution in [1.29, 1.82) is 0 Å². The zero-order valence-electron chi connectivity index (χ0n) is 5.81. The van der Waals surface area contributed by atoms with Crippen molar-refractivity contribution in [3.63, 3.8) is 0 Å². The monoisotopic (exact) mass is 168 g/mol. The van der Waals surface area contributed by atoms with Crippen molar-refractivity contribution in [3.05, 3.63) is 18.6 Å². The molecule has 0 aliphatic heterocycles. The molecule has 0 saturated heterocycles. The summed E-state index contributed by atoms with van der Waals surface area (Å²) in [6.45, 7) is 0. The number of fused-ring (bicyclic) bond motifs is 1. The number of ether oxygens (including phenoxy) is 1. The molecule has 1 N–H and O–H groups in total. The molecular weight excluding hydrogens is 164 g/mol. The van der Waals surface area contributed by atoms with Crippen LogP contribution in [-0.4, -0.2) is 11.3 Å². The molecule has 2 rings (SSSR count). The zero-order valence-corrected chi connectivity index (χ0v) is 5.81. The number of hydrogen-bond acceptors (Lipinski definition) is 4. The lowest BCUT2D eigenvalue weighted by Gasteiger charge is -1.90. The first kappa shape index (κ1) is 6.78. The summed E-state index contributed by atoms with van der Waals surface area (Å²) in [5.41, 5.74) is 0. The molecule has 5 heteroatoms. The molecule has 0 aliphatic rings. The van der Waals surface area contributed by atoms with Gasteiger partial charge < -0.3 is 18.7 Å². The summed E-state index contributed by atoms with van der Waals surface area (Å²) in [4.78, 5) is 10.1. The van der Waals surface area contributed by atoms with E-state index in [2.05, 4.69) is 4.74 Å². The minimum Gasteiger partial charge on any atom is -0.449 e. The van der Waals surface area contributed by atoms with Crippen molar-refractivity contribution in [2.24, 2.45) is 0 Å². The first-order valence-corrected chi connectivity index (χ1v) is 3.13. The normalized spacial score (nSPS) is 10.3. The van der Waals surface area contributed by atoms with Gasteiger partial charge in [-0.05, 0) is 6.07 Å². The predicted molar refractivity (Wildman–Crippen MR) is 37.1 cm³/mol. The third kappa shape index (κ3) is 0.914. The summed E-state index contributed by atoms with van der Waals surface area (Å²) in [6.07, 6.45) is 1.20. The van der Waals surface area contributed by atoms with Crippen LogP contribution in [0.5, 0.6) is 5.75 Å². The van der Waals surface area contributed by atoms with E-state index in [4.69, 9.17) is 13.9 Å². The molecule has 5 nitrogen and oxygen atoms in total. The first-order valence-electron chi connectivity index (χ1n) is 3.13. The van der Waals surface area contributed by atoms with E-state index in [1.807, 2.05) is 0 Å². The number of carbonyl (C=O) groups is 1. The van der Waals surface area contributed by atoms with Crippen LogP contribution < -0.4 is 4.74 Å². The fourth-order valence-electron chi connectivity index (χ4n) is 0.913. The van der Waals surface area contributed by atoms with Gasteiger partial charge in [0.05, 0.1) is 6.26 Å². The molecule has 0 atom stereocenters. The van der Waals surface area contributed by atoms with Gasteiger partial charge in [-0.3, -0.25) is 0 Å². The van der Waals surface area contributed by atoms with Crippen LogP contribution in [-0.2, 0) is 0 Å². The Morgan fingerprint density at radius 1 is 1.50 bits per heavy atom. The highest BCUT2D eigenvalue weighted by atomic mass is 16.7. The molecule has 2 aromatic heterocycles. The van der Waals surface area contributed by atoms with Crippen LogP contribution in [0.25, 0.3) is 11.2 Å². The standard InChI is InChI=1S/C7H4O5/c8-7(9)12-5-3-11-6-4(5)1-2-10-6/h1-3H,(H,8,9). The zero-order chi connectivity index (χ0) is 8.55. The van der Waals surface area contributed by atoms with Crippen LogP contribution in [0.4, 0.5) is 4.79 Å². The van der Waals surface area contributed by atoms with E-state index < -0.39 is 6.16 Å². The second-order valence-corrected chi connectivity index (χ2v) is 2.09. The van der Waals surface area contributed by atoms with E-state index in [0.29, 0.717) is 5.39 Å². The van der Waals surface area contributed by atoms with Gasteiger partial charge in [-0.2, -0.15) is 0 Å². The quantitative estimate of drug-likeness (QED) is 0.660. The maximum absolute atomic E-state index is 10.1. The molecule has 12 heavy (non-hydrogen) atoms. The van der Waals surface area contributed by atoms with Gasteiger partial charge in [-0.15, -0.1) is 0 Å². The number of furan rings is 2. The molecule has 0 radical (unpaired) electrons. The summed E-state index contributed by atoms with van der Waals surface area (Å²) in [7, 11) is 0. The molecule has 0 bridgehead atoms. The Morgan fingerprint density at radius 3 is 3.08 bits per heavy atom. The fourth-order valence-corrected chi connectivity index (χ4v) is 0.913. The maximum Gasteiger partial charge on any atom is 0.511 e. The van der Waals surface area contributed by atoms with Crippen molar-refractivity contribution >= 4 is 17.3 Å². The van der Waals surface area contributed by atoms with Gasteiger partial charge in [-0.1, -0.05) is 0 Å². The highest BCUT2D eigenvalue weighted by Crippen LogP contribution is 2.28. The molecular formula is C7H4O5. The van der Waals surface area contributed by atoms with Gasteiger partial charge in [0.15, 0.2) is 5.75 Å². The van der Waals surface area contributed by atoms with E-state index in [9.17, 15) is 4.79 Å². The summed E-state index contributed by atoms with van der Waals surface area (Å²) < 4.78 is 14.1. The molecule has 2 aromatic rings. The summed E-state index contributed by atoms with van der Waals surface area (Å²) >= 11 is 0. The van der Waals surface area contributed by atoms with E-state index in [0.717, 1.165) is 0 Å². The van der Waals surface area contributed by atoms with Crippen LogP contribution in [0.1, 0.15) is 0 Å². The smallest absolute Gasteiger partial charge is 0.449 e. The molecule has 62 valence electrons. The fraction of sp³-hybridized carbons (Fsp3) is 0. The van der Waals surface area contributed by atoms with Gasteiger partial charge in [-0.25, -0.2) is 4.79 Å². The van der Waals surface area contributed by atoms with Crippen LogP contribution >= 0.6 is 0 Å². The van der Waals surface area contributed by atoms with Crippen molar-refractivity contribution in [3.8, 4) is 5.75 Å². The summed E-state index contributed by atoms with van der Waals surface area (Å²) in [5.74, 6) is 0.400. The van der Waals surface area contributed by atoms with Crippen molar-refractivity contribution < 1.29 is 23.5 Å². The average molecular weight is 168 g/mol. The number of rotatable bonds is 1. The van der Waals surface area contributed by atoms with Gasteiger partial charge in [0.25, 0.3) is 0 Å². The Morgan fingerprint density at radius 2 is 2.33 bits per heavy atom. The molecule has 0 aromatic carbocycles. The lowest BCUT2D eigenvalue weighted by molar-refractivity contribution is 0.144. The largest absolute Gasteiger partial charge is 0.511 e. The predicted octanol–water partition coefficient (Wildman–Crippen LogP) is 2.08. The molecule has 0 saturated carbocycles. The molecule has 0 amide bonds. The van der Waals surface area contributed by atoms with E-state index >= 15 is 0 Å². The molecule has 2 heterocycles. The van der Waals surface area contributed by atoms with Crippen LogP contribution in [0.2, 0.25) is 0 Å². The molecule has 0 aliphatic carbocycles. The van der Waals surface area contributed by atoms with Crippen LogP contribution in [0.15, 0.2) is 27.4 Å². The van der Waals surface area contributed by atoms with Gasteiger partial charge in [0.1, 0.15) is 11.6 Å². The van der Waals surface area contributed by atoms with Gasteiger partial charge in [0.2, 0.25) is 0 Å². The van der Waals surface area contributed by atoms with Crippen LogP contribution in [0.3, 0.4) is 0 Å². The third-order valence-electron chi connectivity index (χ3n) is 1.37. The SMILES string of the molecule is O=C(O)Oc1coc2occc12. The van der Waals surface area contributed by atoms with E-state index in [1.165, 1.54) is 12.5 Å². The number of carboxylic acid groups (broad SMARTS) is 1. The Kier molecular flexibility index (Phi) is 1.30. The van der Waals surface area contributed by atoms with Crippen molar-refractivity contribution in [2.75, 3.05) is 0 Å². The first-order chi connectivity index (χ1) is 5.77. The highest BCUT2D eigenvalue weighted by Gasteiger charge is 2.11. The Hall–Kier alpha value is -1.91. The Balaban J connectivity index is 2.47. The summed E-state index contributed by atoms with van der Waals surface area (Å²) in [6, 6.07) is 1.57. The summed E-state index contributed by atoms with van der Waals surface area (Å²) in [5, 5.41) is 8.80. The Bertz CT molecular complexity index is 410. The van der Waals surface area contributed by atoms with Crippen molar-refractivity contribution in [1.82, 2.24) is 0 Å². The second kappa shape index (κ2) is 2.30.